The molecule has 1 aromatic heterocycles. The Kier molecular flexibility index (Phi) is 5.84. The molecule has 2 aromatic carbocycles. The summed E-state index contributed by atoms with van der Waals surface area (Å²) in [6.07, 6.45) is 3.92. The third kappa shape index (κ3) is 4.38. The summed E-state index contributed by atoms with van der Waals surface area (Å²) in [6.45, 7) is 2.59. The number of aryl methyl sites for hydroxylation is 2. The van der Waals surface area contributed by atoms with Gasteiger partial charge in [-0.15, -0.1) is 0 Å². The Morgan fingerprint density at radius 1 is 1.13 bits per heavy atom. The number of carbonyl (C=O) groups excluding carboxylic acids is 2. The molecule has 0 aliphatic carbocycles. The first-order chi connectivity index (χ1) is 14.6. The van der Waals surface area contributed by atoms with E-state index in [9.17, 15) is 9.59 Å². The van der Waals surface area contributed by atoms with Crippen LogP contribution in [0.15, 0.2) is 60.8 Å². The van der Waals surface area contributed by atoms with Gasteiger partial charge in [0.05, 0.1) is 11.3 Å². The van der Waals surface area contributed by atoms with E-state index in [1.54, 1.807) is 11.1 Å². The van der Waals surface area contributed by atoms with Gasteiger partial charge in [-0.3, -0.25) is 9.59 Å². The number of nitrogens with zero attached hydrogens (tertiary/aromatic N) is 3. The Morgan fingerprint density at radius 2 is 1.97 bits per heavy atom. The van der Waals surface area contributed by atoms with E-state index in [1.165, 1.54) is 0 Å². The topological polar surface area (TPSA) is 75.2 Å². The molecule has 0 radical (unpaired) electrons. The minimum absolute atomic E-state index is 0.00899. The first-order valence-corrected chi connectivity index (χ1v) is 10.2. The molecule has 0 unspecified atom stereocenters. The fourth-order valence-electron chi connectivity index (χ4n) is 3.62. The van der Waals surface area contributed by atoms with Crippen molar-refractivity contribution in [3.8, 4) is 11.4 Å². The van der Waals surface area contributed by atoms with E-state index >= 15 is 0 Å². The maximum absolute atomic E-state index is 13.0. The van der Waals surface area contributed by atoms with Gasteiger partial charge in [-0.05, 0) is 37.0 Å². The van der Waals surface area contributed by atoms with Crippen LogP contribution < -0.4 is 5.32 Å². The van der Waals surface area contributed by atoms with Gasteiger partial charge >= 0.3 is 0 Å². The van der Waals surface area contributed by atoms with Crippen molar-refractivity contribution in [3.05, 3.63) is 77.6 Å². The lowest BCUT2D eigenvalue weighted by molar-refractivity contribution is -0.116. The van der Waals surface area contributed by atoms with E-state index in [-0.39, 0.29) is 18.4 Å². The van der Waals surface area contributed by atoms with E-state index in [4.69, 9.17) is 0 Å². The number of rotatable bonds is 5. The zero-order valence-corrected chi connectivity index (χ0v) is 17.0. The molecule has 0 saturated heterocycles. The summed E-state index contributed by atoms with van der Waals surface area (Å²) < 4.78 is 0. The van der Waals surface area contributed by atoms with Crippen molar-refractivity contribution in [1.29, 1.82) is 0 Å². The van der Waals surface area contributed by atoms with E-state index in [0.717, 1.165) is 35.3 Å². The molecule has 0 fully saturated rings. The summed E-state index contributed by atoms with van der Waals surface area (Å²) in [6, 6.07) is 17.5. The monoisotopic (exact) mass is 400 g/mol. The minimum atomic E-state index is -0.207. The third-order valence-corrected chi connectivity index (χ3v) is 5.21. The van der Waals surface area contributed by atoms with Gasteiger partial charge in [-0.2, -0.15) is 0 Å². The van der Waals surface area contributed by atoms with Crippen molar-refractivity contribution in [2.45, 2.75) is 26.2 Å². The van der Waals surface area contributed by atoms with Gasteiger partial charge in [-0.25, -0.2) is 9.97 Å². The Hall–Kier alpha value is -3.54. The number of aromatic nitrogens is 2. The molecule has 0 spiro atoms. The van der Waals surface area contributed by atoms with Gasteiger partial charge in [-0.1, -0.05) is 49.4 Å². The molecule has 4 rings (SSSR count). The van der Waals surface area contributed by atoms with E-state index in [1.807, 2.05) is 54.6 Å². The van der Waals surface area contributed by atoms with Crippen molar-refractivity contribution >= 4 is 17.5 Å². The van der Waals surface area contributed by atoms with Crippen LogP contribution in [0.2, 0.25) is 0 Å². The Bertz CT molecular complexity index is 1070. The zero-order chi connectivity index (χ0) is 20.9. The first kappa shape index (κ1) is 19.8. The Balaban J connectivity index is 1.49. The van der Waals surface area contributed by atoms with Crippen LogP contribution in [0.25, 0.3) is 11.4 Å². The summed E-state index contributed by atoms with van der Waals surface area (Å²) in [5, 5.41) is 2.90. The second-order valence-corrected chi connectivity index (χ2v) is 7.35. The maximum atomic E-state index is 13.0. The van der Waals surface area contributed by atoms with Gasteiger partial charge in [0.2, 0.25) is 5.91 Å². The number of amides is 2. The Labute approximate surface area is 176 Å². The van der Waals surface area contributed by atoms with Crippen LogP contribution in [0.5, 0.6) is 0 Å². The van der Waals surface area contributed by atoms with Gasteiger partial charge in [0.1, 0.15) is 6.54 Å². The summed E-state index contributed by atoms with van der Waals surface area (Å²) in [5.41, 5.74) is 4.04. The number of hydrogen-bond acceptors (Lipinski definition) is 4. The predicted molar refractivity (Wildman–Crippen MR) is 116 cm³/mol. The normalized spacial score (nSPS) is 13.5. The summed E-state index contributed by atoms with van der Waals surface area (Å²) in [5.74, 6) is 0.214. The van der Waals surface area contributed by atoms with Crippen molar-refractivity contribution in [3.63, 3.8) is 0 Å². The van der Waals surface area contributed by atoms with Crippen LogP contribution >= 0.6 is 0 Å². The highest BCUT2D eigenvalue weighted by Gasteiger charge is 2.26. The fourth-order valence-corrected chi connectivity index (χ4v) is 3.62. The van der Waals surface area contributed by atoms with Crippen molar-refractivity contribution in [2.24, 2.45) is 0 Å². The van der Waals surface area contributed by atoms with Crippen molar-refractivity contribution in [1.82, 2.24) is 14.9 Å². The molecule has 1 aliphatic rings. The second kappa shape index (κ2) is 8.86. The van der Waals surface area contributed by atoms with Gasteiger partial charge in [0.25, 0.3) is 5.91 Å². The van der Waals surface area contributed by atoms with Crippen LogP contribution in [0.4, 0.5) is 5.69 Å². The summed E-state index contributed by atoms with van der Waals surface area (Å²) >= 11 is 0. The van der Waals surface area contributed by atoms with Crippen LogP contribution in [-0.4, -0.2) is 39.8 Å². The van der Waals surface area contributed by atoms with Crippen LogP contribution in [-0.2, 0) is 17.6 Å². The molecule has 0 bridgehead atoms. The number of benzene rings is 2. The number of nitrogens with one attached hydrogen (secondary N) is 1. The van der Waals surface area contributed by atoms with Gasteiger partial charge in [0.15, 0.2) is 5.82 Å². The molecule has 1 N–H and O–H groups in total. The lowest BCUT2D eigenvalue weighted by Gasteiger charge is -2.20. The molecule has 2 amide bonds. The van der Waals surface area contributed by atoms with E-state index in [0.29, 0.717) is 24.4 Å². The highest BCUT2D eigenvalue weighted by molar-refractivity contribution is 6.00. The van der Waals surface area contributed by atoms with Crippen LogP contribution in [0.3, 0.4) is 0 Å². The van der Waals surface area contributed by atoms with E-state index in [2.05, 4.69) is 22.2 Å². The minimum Gasteiger partial charge on any atom is -0.329 e. The molecule has 1 aliphatic heterocycles. The zero-order valence-electron chi connectivity index (χ0n) is 17.0. The molecular weight excluding hydrogens is 376 g/mol. The Morgan fingerprint density at radius 3 is 2.77 bits per heavy atom. The molecule has 0 atom stereocenters. The first-order valence-electron chi connectivity index (χ1n) is 10.2. The second-order valence-electron chi connectivity index (χ2n) is 7.35. The van der Waals surface area contributed by atoms with Gasteiger partial charge < -0.3 is 10.2 Å². The highest BCUT2D eigenvalue weighted by Crippen LogP contribution is 2.21. The van der Waals surface area contributed by atoms with Crippen LogP contribution in [0, 0.1) is 0 Å². The lowest BCUT2D eigenvalue weighted by Crippen LogP contribution is -2.38. The molecule has 6 heteroatoms. The molecule has 3 aromatic rings. The average Bonchev–Trinajstić information content (AvgIpc) is 2.93. The van der Waals surface area contributed by atoms with Crippen LogP contribution in [0.1, 0.15) is 35.0 Å². The summed E-state index contributed by atoms with van der Waals surface area (Å²) in [4.78, 5) is 36.2. The SMILES string of the molecule is CCc1cccc(NC(=O)CN2CCCc3nc(-c4ccccc4)ncc3C2=O)c1. The highest BCUT2D eigenvalue weighted by atomic mass is 16.2. The standard InChI is InChI=1S/C24H24N4O2/c1-2-17-8-6-11-19(14-17)26-22(29)16-28-13-7-12-21-20(24(28)30)15-25-23(27-21)18-9-4-3-5-10-18/h3-6,8-11,14-15H,2,7,12-13,16H2,1H3,(H,26,29). The summed E-state index contributed by atoms with van der Waals surface area (Å²) in [7, 11) is 0. The largest absolute Gasteiger partial charge is 0.329 e. The number of hydrogen-bond donors (Lipinski definition) is 1. The number of carbonyl (C=O) groups is 2. The van der Waals surface area contributed by atoms with E-state index < -0.39 is 0 Å². The number of fused-ring (bicyclic) bond motifs is 1. The third-order valence-electron chi connectivity index (χ3n) is 5.21. The van der Waals surface area contributed by atoms with Crippen molar-refractivity contribution in [2.75, 3.05) is 18.4 Å². The average molecular weight is 400 g/mol. The maximum Gasteiger partial charge on any atom is 0.257 e. The number of anilines is 1. The van der Waals surface area contributed by atoms with Crippen molar-refractivity contribution < 1.29 is 9.59 Å². The quantitative estimate of drug-likeness (QED) is 0.708. The lowest BCUT2D eigenvalue weighted by atomic mass is 10.1. The fraction of sp³-hybridized carbons (Fsp3) is 0.250. The molecule has 6 nitrogen and oxygen atoms in total. The molecule has 152 valence electrons. The molecule has 2 heterocycles. The smallest absolute Gasteiger partial charge is 0.257 e. The predicted octanol–water partition coefficient (Wildman–Crippen LogP) is 3.73. The molecule has 0 saturated carbocycles. The molecule has 30 heavy (non-hydrogen) atoms. The van der Waals surface area contributed by atoms with Gasteiger partial charge in [0, 0.05) is 24.0 Å². The molecular formula is C24H24N4O2.